The van der Waals surface area contributed by atoms with E-state index < -0.39 is 6.10 Å². The average Bonchev–Trinajstić information content (AvgIpc) is 2.80. The Labute approximate surface area is 124 Å². The van der Waals surface area contributed by atoms with Crippen LogP contribution in [0.15, 0.2) is 0 Å². The Balaban J connectivity index is 2.61. The van der Waals surface area contributed by atoms with Gasteiger partial charge in [-0.25, -0.2) is 4.79 Å². The first-order chi connectivity index (χ1) is 9.43. The van der Waals surface area contributed by atoms with Crippen molar-refractivity contribution < 1.29 is 9.90 Å². The van der Waals surface area contributed by atoms with E-state index in [1.54, 1.807) is 11.8 Å². The van der Waals surface area contributed by atoms with Crippen molar-refractivity contribution in [2.24, 2.45) is 0 Å². The summed E-state index contributed by atoms with van der Waals surface area (Å²) in [5, 5.41) is 21.7. The molecule has 7 heteroatoms. The summed E-state index contributed by atoms with van der Waals surface area (Å²) in [6.45, 7) is 7.91. The highest BCUT2D eigenvalue weighted by atomic mass is 32.1. The van der Waals surface area contributed by atoms with E-state index in [2.05, 4.69) is 22.4 Å². The highest BCUT2D eigenvalue weighted by Gasteiger charge is 2.20. The molecular formula is C13H24N4O2S. The minimum atomic E-state index is -0.558. The lowest BCUT2D eigenvalue weighted by molar-refractivity contribution is 0.125. The lowest BCUT2D eigenvalue weighted by atomic mass is 10.3. The zero-order valence-corrected chi connectivity index (χ0v) is 13.4. The van der Waals surface area contributed by atoms with Crippen LogP contribution in [0, 0.1) is 0 Å². The predicted octanol–water partition coefficient (Wildman–Crippen LogP) is 2.50. The fraction of sp³-hybridized carbons (Fsp3) is 0.769. The number of hydrogen-bond donors (Lipinski definition) is 2. The van der Waals surface area contributed by atoms with Crippen molar-refractivity contribution in [3.05, 3.63) is 5.01 Å². The van der Waals surface area contributed by atoms with Crippen molar-refractivity contribution in [3.63, 3.8) is 0 Å². The Kier molecular flexibility index (Phi) is 6.87. The second-order valence-electron chi connectivity index (χ2n) is 5.13. The van der Waals surface area contributed by atoms with E-state index in [4.69, 9.17) is 0 Å². The average molecular weight is 300 g/mol. The Hall–Kier alpha value is -1.21. The molecule has 0 radical (unpaired) electrons. The van der Waals surface area contributed by atoms with Crippen LogP contribution in [0.3, 0.4) is 0 Å². The molecule has 0 saturated carbocycles. The van der Waals surface area contributed by atoms with E-state index in [1.165, 1.54) is 11.3 Å². The number of carbonyl (C=O) groups is 1. The smallest absolute Gasteiger partial charge is 0.324 e. The van der Waals surface area contributed by atoms with E-state index in [9.17, 15) is 9.90 Å². The van der Waals surface area contributed by atoms with Crippen LogP contribution in [-0.4, -0.2) is 44.9 Å². The number of aromatic nitrogens is 2. The third-order valence-electron chi connectivity index (χ3n) is 2.77. The molecule has 114 valence electrons. The first kappa shape index (κ1) is 16.8. The monoisotopic (exact) mass is 300 g/mol. The van der Waals surface area contributed by atoms with Gasteiger partial charge in [0.15, 0.2) is 0 Å². The molecule has 2 amide bonds. The lowest BCUT2D eigenvalue weighted by Gasteiger charge is -2.27. The van der Waals surface area contributed by atoms with Gasteiger partial charge in [-0.1, -0.05) is 24.7 Å². The third-order valence-corrected chi connectivity index (χ3v) is 3.67. The van der Waals surface area contributed by atoms with Crippen molar-refractivity contribution in [1.82, 2.24) is 15.1 Å². The fourth-order valence-electron chi connectivity index (χ4n) is 1.71. The highest BCUT2D eigenvalue weighted by Crippen LogP contribution is 2.18. The molecule has 0 fully saturated rings. The molecule has 1 aromatic rings. The van der Waals surface area contributed by atoms with Gasteiger partial charge in [0.25, 0.3) is 0 Å². The van der Waals surface area contributed by atoms with Crippen LogP contribution in [0.2, 0.25) is 0 Å². The van der Waals surface area contributed by atoms with Gasteiger partial charge < -0.3 is 10.0 Å². The van der Waals surface area contributed by atoms with E-state index in [-0.39, 0.29) is 12.1 Å². The largest absolute Gasteiger partial charge is 0.392 e. The number of amides is 2. The zero-order valence-electron chi connectivity index (χ0n) is 12.6. The Morgan fingerprint density at radius 2 is 2.10 bits per heavy atom. The van der Waals surface area contributed by atoms with Crippen LogP contribution in [0.5, 0.6) is 0 Å². The molecule has 2 N–H and O–H groups in total. The molecule has 1 rings (SSSR count). The number of unbranched alkanes of at least 4 members (excludes halogenated alkanes) is 1. The first-order valence-electron chi connectivity index (χ1n) is 7.02. The summed E-state index contributed by atoms with van der Waals surface area (Å²) < 4.78 is 0. The molecule has 20 heavy (non-hydrogen) atoms. The standard InChI is InChI=1S/C13H24N4O2S/c1-5-6-7-11-15-16-12(20-11)14-13(19)17(9(2)3)8-10(4)18/h9-10,18H,5-8H2,1-4H3,(H,14,16,19). The summed E-state index contributed by atoms with van der Waals surface area (Å²) in [4.78, 5) is 13.7. The van der Waals surface area contributed by atoms with Crippen LogP contribution in [0.4, 0.5) is 9.93 Å². The molecule has 0 aliphatic heterocycles. The summed E-state index contributed by atoms with van der Waals surface area (Å²) in [6.07, 6.45) is 2.52. The van der Waals surface area contributed by atoms with Crippen molar-refractivity contribution in [3.8, 4) is 0 Å². The second-order valence-corrected chi connectivity index (χ2v) is 6.19. The number of aryl methyl sites for hydroxylation is 1. The van der Waals surface area contributed by atoms with Gasteiger partial charge in [-0.05, 0) is 27.2 Å². The number of nitrogens with one attached hydrogen (secondary N) is 1. The van der Waals surface area contributed by atoms with Crippen LogP contribution < -0.4 is 5.32 Å². The van der Waals surface area contributed by atoms with E-state index in [0.29, 0.717) is 11.7 Å². The number of aliphatic hydroxyl groups is 1. The zero-order chi connectivity index (χ0) is 15.1. The van der Waals surface area contributed by atoms with Gasteiger partial charge in [-0.3, -0.25) is 5.32 Å². The Morgan fingerprint density at radius 3 is 2.65 bits per heavy atom. The molecule has 0 aromatic carbocycles. The summed E-state index contributed by atoms with van der Waals surface area (Å²) in [6, 6.07) is -0.240. The van der Waals surface area contributed by atoms with Gasteiger partial charge >= 0.3 is 6.03 Å². The molecule has 1 atom stereocenters. The van der Waals surface area contributed by atoms with E-state index in [0.717, 1.165) is 24.3 Å². The molecule has 6 nitrogen and oxygen atoms in total. The summed E-state index contributed by atoms with van der Waals surface area (Å²) >= 11 is 1.41. The molecule has 1 unspecified atom stereocenters. The second kappa shape index (κ2) is 8.16. The molecule has 0 spiro atoms. The van der Waals surface area contributed by atoms with Gasteiger partial charge in [0.05, 0.1) is 6.10 Å². The molecule has 0 aliphatic rings. The molecule has 0 aliphatic carbocycles. The Bertz CT molecular complexity index is 420. The highest BCUT2D eigenvalue weighted by molar-refractivity contribution is 7.15. The number of urea groups is 1. The number of hydrogen-bond acceptors (Lipinski definition) is 5. The number of carbonyl (C=O) groups excluding carboxylic acids is 1. The maximum atomic E-state index is 12.2. The van der Waals surface area contributed by atoms with Crippen molar-refractivity contribution in [1.29, 1.82) is 0 Å². The quantitative estimate of drug-likeness (QED) is 0.811. The van der Waals surface area contributed by atoms with Gasteiger partial charge in [0.1, 0.15) is 5.01 Å². The number of nitrogens with zero attached hydrogens (tertiary/aromatic N) is 3. The van der Waals surface area contributed by atoms with Gasteiger partial charge in [0.2, 0.25) is 5.13 Å². The number of anilines is 1. The first-order valence-corrected chi connectivity index (χ1v) is 7.83. The molecule has 1 heterocycles. The van der Waals surface area contributed by atoms with Gasteiger partial charge in [-0.15, -0.1) is 10.2 Å². The summed E-state index contributed by atoms with van der Waals surface area (Å²) in [5.74, 6) is 0. The van der Waals surface area contributed by atoms with E-state index in [1.807, 2.05) is 13.8 Å². The molecular weight excluding hydrogens is 276 g/mol. The van der Waals surface area contributed by atoms with Crippen molar-refractivity contribution >= 4 is 22.5 Å². The maximum absolute atomic E-state index is 12.2. The summed E-state index contributed by atoms with van der Waals surface area (Å²) in [5.41, 5.74) is 0. The van der Waals surface area contributed by atoms with Crippen LogP contribution in [0.25, 0.3) is 0 Å². The van der Waals surface area contributed by atoms with Gasteiger partial charge in [0, 0.05) is 19.0 Å². The number of aliphatic hydroxyl groups excluding tert-OH is 1. The summed E-state index contributed by atoms with van der Waals surface area (Å²) in [7, 11) is 0. The fourth-order valence-corrected chi connectivity index (χ4v) is 2.48. The minimum Gasteiger partial charge on any atom is -0.392 e. The maximum Gasteiger partial charge on any atom is 0.324 e. The predicted molar refractivity (Wildman–Crippen MR) is 81.1 cm³/mol. The molecule has 0 saturated heterocycles. The lowest BCUT2D eigenvalue weighted by Crippen LogP contribution is -2.43. The Morgan fingerprint density at radius 1 is 1.40 bits per heavy atom. The van der Waals surface area contributed by atoms with Crippen LogP contribution in [-0.2, 0) is 6.42 Å². The molecule has 1 aromatic heterocycles. The topological polar surface area (TPSA) is 78.4 Å². The minimum absolute atomic E-state index is 0.0112. The van der Waals surface area contributed by atoms with Crippen LogP contribution in [0.1, 0.15) is 45.5 Å². The normalized spacial score (nSPS) is 12.5. The van der Waals surface area contributed by atoms with Crippen molar-refractivity contribution in [2.75, 3.05) is 11.9 Å². The SMILES string of the molecule is CCCCc1nnc(NC(=O)N(CC(C)O)C(C)C)s1. The van der Waals surface area contributed by atoms with Crippen LogP contribution >= 0.6 is 11.3 Å². The molecule has 0 bridgehead atoms. The van der Waals surface area contributed by atoms with Crippen molar-refractivity contribution in [2.45, 2.75) is 59.1 Å². The number of rotatable bonds is 7. The third kappa shape index (κ3) is 5.42. The van der Waals surface area contributed by atoms with E-state index >= 15 is 0 Å². The van der Waals surface area contributed by atoms with Gasteiger partial charge in [-0.2, -0.15) is 0 Å².